The van der Waals surface area contributed by atoms with E-state index in [0.29, 0.717) is 10.7 Å². The summed E-state index contributed by atoms with van der Waals surface area (Å²) in [6.45, 7) is 0. The summed E-state index contributed by atoms with van der Waals surface area (Å²) in [6.07, 6.45) is 1.24. The van der Waals surface area contributed by atoms with Crippen molar-refractivity contribution in [2.75, 3.05) is 0 Å². The third-order valence-electron chi connectivity index (χ3n) is 2.11. The molecule has 1 aromatic carbocycles. The second kappa shape index (κ2) is 5.16. The van der Waals surface area contributed by atoms with Gasteiger partial charge in [-0.2, -0.15) is 0 Å². The summed E-state index contributed by atoms with van der Waals surface area (Å²) in [6, 6.07) is 6.80. The SMILES string of the molecule is O=c1[nH]c(=S)[nH]c(O)c1C=Nc1cccc(Cl)c1. The Morgan fingerprint density at radius 3 is 2.83 bits per heavy atom. The van der Waals surface area contributed by atoms with Crippen molar-refractivity contribution in [1.29, 1.82) is 0 Å². The van der Waals surface area contributed by atoms with E-state index >= 15 is 0 Å². The van der Waals surface area contributed by atoms with Crippen LogP contribution >= 0.6 is 23.8 Å². The molecule has 0 atom stereocenters. The van der Waals surface area contributed by atoms with Gasteiger partial charge in [0.2, 0.25) is 5.88 Å². The van der Waals surface area contributed by atoms with Crippen molar-refractivity contribution < 1.29 is 5.11 Å². The fourth-order valence-corrected chi connectivity index (χ4v) is 1.67. The van der Waals surface area contributed by atoms with E-state index in [2.05, 4.69) is 15.0 Å². The van der Waals surface area contributed by atoms with Crippen LogP contribution in [0.2, 0.25) is 5.02 Å². The summed E-state index contributed by atoms with van der Waals surface area (Å²) in [7, 11) is 0. The number of H-pyrrole nitrogens is 2. The number of hydrogen-bond donors (Lipinski definition) is 3. The zero-order chi connectivity index (χ0) is 13.1. The predicted molar refractivity (Wildman–Crippen MR) is 72.6 cm³/mol. The molecule has 0 bridgehead atoms. The summed E-state index contributed by atoms with van der Waals surface area (Å²) in [5, 5.41) is 10.1. The first-order valence-corrected chi connectivity index (χ1v) is 5.70. The van der Waals surface area contributed by atoms with Crippen LogP contribution in [0, 0.1) is 4.77 Å². The molecule has 3 N–H and O–H groups in total. The average molecular weight is 282 g/mol. The second-order valence-electron chi connectivity index (χ2n) is 3.41. The van der Waals surface area contributed by atoms with Gasteiger partial charge in [0.15, 0.2) is 4.77 Å². The molecule has 1 aromatic heterocycles. The highest BCUT2D eigenvalue weighted by atomic mass is 35.5. The van der Waals surface area contributed by atoms with E-state index in [1.165, 1.54) is 6.21 Å². The Bertz CT molecular complexity index is 721. The lowest BCUT2D eigenvalue weighted by molar-refractivity contribution is 0.449. The van der Waals surface area contributed by atoms with Gasteiger partial charge in [0.05, 0.1) is 5.69 Å². The van der Waals surface area contributed by atoms with Gasteiger partial charge in [0, 0.05) is 11.2 Å². The Hall–Kier alpha value is -1.92. The molecule has 0 aliphatic carbocycles. The van der Waals surface area contributed by atoms with E-state index in [1.54, 1.807) is 24.3 Å². The van der Waals surface area contributed by atoms with Crippen LogP contribution in [0.15, 0.2) is 34.1 Å². The summed E-state index contributed by atoms with van der Waals surface area (Å²) < 4.78 is 0.0532. The largest absolute Gasteiger partial charge is 0.494 e. The van der Waals surface area contributed by atoms with Crippen LogP contribution in [0.4, 0.5) is 5.69 Å². The van der Waals surface area contributed by atoms with Crippen LogP contribution in [0.3, 0.4) is 0 Å². The number of benzene rings is 1. The third-order valence-corrected chi connectivity index (χ3v) is 2.55. The van der Waals surface area contributed by atoms with Crippen LogP contribution in [0.1, 0.15) is 5.56 Å². The van der Waals surface area contributed by atoms with Crippen LogP contribution in [0.5, 0.6) is 5.88 Å². The maximum absolute atomic E-state index is 11.5. The number of aromatic hydroxyl groups is 1. The van der Waals surface area contributed by atoms with Gasteiger partial charge in [-0.25, -0.2) is 0 Å². The minimum atomic E-state index is -0.512. The number of aromatic amines is 2. The Morgan fingerprint density at radius 1 is 1.39 bits per heavy atom. The Morgan fingerprint density at radius 2 is 2.17 bits per heavy atom. The maximum atomic E-state index is 11.5. The van der Waals surface area contributed by atoms with Crippen molar-refractivity contribution in [1.82, 2.24) is 9.97 Å². The molecule has 1 heterocycles. The summed E-state index contributed by atoms with van der Waals surface area (Å²) >= 11 is 10.5. The summed E-state index contributed by atoms with van der Waals surface area (Å²) in [5.41, 5.74) is 0.0642. The quantitative estimate of drug-likeness (QED) is 0.584. The number of rotatable bonds is 2. The number of nitrogens with zero attached hydrogens (tertiary/aromatic N) is 1. The highest BCUT2D eigenvalue weighted by Crippen LogP contribution is 2.17. The lowest BCUT2D eigenvalue weighted by Gasteiger charge is -1.97. The monoisotopic (exact) mass is 281 g/mol. The molecule has 0 saturated carbocycles. The molecule has 0 unspecified atom stereocenters. The van der Waals surface area contributed by atoms with E-state index in [-0.39, 0.29) is 16.2 Å². The zero-order valence-corrected chi connectivity index (χ0v) is 10.5. The first kappa shape index (κ1) is 12.5. The van der Waals surface area contributed by atoms with Crippen molar-refractivity contribution in [2.24, 2.45) is 4.99 Å². The van der Waals surface area contributed by atoms with Crippen LogP contribution in [-0.4, -0.2) is 21.3 Å². The number of nitrogens with one attached hydrogen (secondary N) is 2. The maximum Gasteiger partial charge on any atom is 0.264 e. The molecular formula is C11H8ClN3O2S. The first-order valence-electron chi connectivity index (χ1n) is 4.91. The molecular weight excluding hydrogens is 274 g/mol. The molecule has 0 amide bonds. The van der Waals surface area contributed by atoms with Gasteiger partial charge in [-0.15, -0.1) is 0 Å². The number of halogens is 1. The smallest absolute Gasteiger partial charge is 0.264 e. The van der Waals surface area contributed by atoms with Gasteiger partial charge >= 0.3 is 0 Å². The molecule has 0 radical (unpaired) electrons. The fourth-order valence-electron chi connectivity index (χ4n) is 1.30. The van der Waals surface area contributed by atoms with Crippen LogP contribution < -0.4 is 5.56 Å². The van der Waals surface area contributed by atoms with E-state index in [0.717, 1.165) is 0 Å². The van der Waals surface area contributed by atoms with Gasteiger partial charge in [-0.3, -0.25) is 14.8 Å². The molecule has 5 nitrogen and oxygen atoms in total. The lowest BCUT2D eigenvalue weighted by atomic mass is 10.3. The molecule has 0 spiro atoms. The lowest BCUT2D eigenvalue weighted by Crippen LogP contribution is -2.13. The normalized spacial score (nSPS) is 10.9. The topological polar surface area (TPSA) is 81.2 Å². The van der Waals surface area contributed by atoms with Crippen molar-refractivity contribution in [3.63, 3.8) is 0 Å². The molecule has 2 rings (SSSR count). The number of aromatic nitrogens is 2. The second-order valence-corrected chi connectivity index (χ2v) is 4.25. The third kappa shape index (κ3) is 2.85. The molecule has 2 aromatic rings. The van der Waals surface area contributed by atoms with E-state index in [9.17, 15) is 9.90 Å². The number of hydrogen-bond acceptors (Lipinski definition) is 4. The van der Waals surface area contributed by atoms with Gasteiger partial charge in [-0.05, 0) is 30.4 Å². The van der Waals surface area contributed by atoms with E-state index in [1.807, 2.05) is 0 Å². The molecule has 7 heteroatoms. The Balaban J connectivity index is 2.41. The highest BCUT2D eigenvalue weighted by molar-refractivity contribution is 7.71. The Labute approximate surface area is 112 Å². The zero-order valence-electron chi connectivity index (χ0n) is 8.98. The molecule has 18 heavy (non-hydrogen) atoms. The van der Waals surface area contributed by atoms with Crippen LogP contribution in [0.25, 0.3) is 0 Å². The molecule has 0 aliphatic rings. The minimum absolute atomic E-state index is 0.00331. The predicted octanol–water partition coefficient (Wildman–Crippen LogP) is 2.54. The van der Waals surface area contributed by atoms with Crippen molar-refractivity contribution in [2.45, 2.75) is 0 Å². The average Bonchev–Trinajstić information content (AvgIpc) is 2.27. The van der Waals surface area contributed by atoms with Gasteiger partial charge in [0.25, 0.3) is 5.56 Å². The van der Waals surface area contributed by atoms with Crippen LogP contribution in [-0.2, 0) is 0 Å². The minimum Gasteiger partial charge on any atom is -0.494 e. The molecule has 92 valence electrons. The van der Waals surface area contributed by atoms with Gasteiger partial charge in [-0.1, -0.05) is 17.7 Å². The first-order chi connectivity index (χ1) is 8.56. The van der Waals surface area contributed by atoms with Crippen molar-refractivity contribution in [3.05, 3.63) is 50.0 Å². The van der Waals surface area contributed by atoms with Gasteiger partial charge < -0.3 is 10.1 Å². The summed E-state index contributed by atoms with van der Waals surface area (Å²) in [4.78, 5) is 20.4. The molecule has 0 aliphatic heterocycles. The molecule has 0 fully saturated rings. The van der Waals surface area contributed by atoms with E-state index in [4.69, 9.17) is 23.8 Å². The molecule has 0 saturated heterocycles. The summed E-state index contributed by atoms with van der Waals surface area (Å²) in [5.74, 6) is -0.325. The highest BCUT2D eigenvalue weighted by Gasteiger charge is 2.04. The standard InChI is InChI=1S/C11H8ClN3O2S/c12-6-2-1-3-7(4-6)13-5-8-9(16)14-11(18)15-10(8)17/h1-5H,(H3,14,15,16,17,18). The van der Waals surface area contributed by atoms with Crippen molar-refractivity contribution >= 4 is 35.7 Å². The van der Waals surface area contributed by atoms with E-state index < -0.39 is 5.56 Å². The fraction of sp³-hybridized carbons (Fsp3) is 0. The number of aliphatic imine (C=N–C) groups is 1. The Kier molecular flexibility index (Phi) is 3.59. The van der Waals surface area contributed by atoms with Gasteiger partial charge in [0.1, 0.15) is 5.56 Å². The van der Waals surface area contributed by atoms with Crippen molar-refractivity contribution in [3.8, 4) is 5.88 Å².